The summed E-state index contributed by atoms with van der Waals surface area (Å²) in [6.07, 6.45) is 0.398. The number of benzene rings is 3. The van der Waals surface area contributed by atoms with Crippen LogP contribution in [0.25, 0.3) is 10.8 Å². The summed E-state index contributed by atoms with van der Waals surface area (Å²) in [6, 6.07) is 19.4. The average Bonchev–Trinajstić information content (AvgIpc) is 2.54. The first-order chi connectivity index (χ1) is 10.7. The van der Waals surface area contributed by atoms with Crippen molar-refractivity contribution in [2.75, 3.05) is 5.32 Å². The Hall–Kier alpha value is -2.81. The predicted octanol–water partition coefficient (Wildman–Crippen LogP) is 4.02. The van der Waals surface area contributed by atoms with Crippen LogP contribution in [0.5, 0.6) is 5.75 Å². The second kappa shape index (κ2) is 4.88. The van der Waals surface area contributed by atoms with Gasteiger partial charge in [0.1, 0.15) is 5.75 Å². The normalized spacial score (nSPS) is 17.1. The van der Waals surface area contributed by atoms with E-state index < -0.39 is 0 Å². The highest BCUT2D eigenvalue weighted by atomic mass is 16.3. The number of carbonyl (C=O) groups excluding carboxylic acids is 1. The van der Waals surface area contributed by atoms with Gasteiger partial charge in [0.25, 0.3) is 0 Å². The summed E-state index contributed by atoms with van der Waals surface area (Å²) in [5.41, 5.74) is 2.96. The fourth-order valence-electron chi connectivity index (χ4n) is 3.24. The Kier molecular flexibility index (Phi) is 2.86. The molecule has 22 heavy (non-hydrogen) atoms. The molecule has 3 nitrogen and oxygen atoms in total. The lowest BCUT2D eigenvalue weighted by Gasteiger charge is -2.27. The Morgan fingerprint density at radius 2 is 1.86 bits per heavy atom. The van der Waals surface area contributed by atoms with Crippen LogP contribution in [0.4, 0.5) is 5.69 Å². The van der Waals surface area contributed by atoms with Crippen molar-refractivity contribution in [3.8, 4) is 5.75 Å². The van der Waals surface area contributed by atoms with Crippen molar-refractivity contribution in [3.05, 3.63) is 71.8 Å². The van der Waals surface area contributed by atoms with Crippen LogP contribution in [-0.4, -0.2) is 11.0 Å². The quantitative estimate of drug-likeness (QED) is 0.711. The number of fused-ring (bicyclic) bond motifs is 3. The van der Waals surface area contributed by atoms with Crippen molar-refractivity contribution in [3.63, 3.8) is 0 Å². The smallest absolute Gasteiger partial charge is 0.225 e. The highest BCUT2D eigenvalue weighted by Crippen LogP contribution is 2.41. The monoisotopic (exact) mass is 289 g/mol. The third kappa shape index (κ3) is 2.02. The molecule has 0 aromatic heterocycles. The molecule has 0 aliphatic carbocycles. The van der Waals surface area contributed by atoms with Crippen LogP contribution in [0.3, 0.4) is 0 Å². The Bertz CT molecular complexity index is 885. The highest BCUT2D eigenvalue weighted by Gasteiger charge is 2.27. The van der Waals surface area contributed by atoms with Crippen LogP contribution in [0, 0.1) is 0 Å². The Balaban J connectivity index is 1.94. The van der Waals surface area contributed by atoms with Crippen LogP contribution in [0.15, 0.2) is 60.7 Å². The summed E-state index contributed by atoms with van der Waals surface area (Å²) in [5.74, 6) is 0.212. The molecule has 1 heterocycles. The molecule has 1 amide bonds. The summed E-state index contributed by atoms with van der Waals surface area (Å²) < 4.78 is 0. The number of anilines is 1. The zero-order valence-electron chi connectivity index (χ0n) is 11.9. The molecule has 3 aromatic rings. The summed E-state index contributed by atoms with van der Waals surface area (Å²) in [5, 5.41) is 14.9. The summed E-state index contributed by atoms with van der Waals surface area (Å²) in [6.45, 7) is 0. The van der Waals surface area contributed by atoms with Crippen molar-refractivity contribution >= 4 is 22.4 Å². The molecule has 108 valence electrons. The van der Waals surface area contributed by atoms with Crippen LogP contribution >= 0.6 is 0 Å². The van der Waals surface area contributed by atoms with Crippen molar-refractivity contribution < 1.29 is 9.90 Å². The minimum atomic E-state index is -0.0274. The van der Waals surface area contributed by atoms with Gasteiger partial charge in [-0.25, -0.2) is 0 Å². The zero-order chi connectivity index (χ0) is 15.1. The van der Waals surface area contributed by atoms with Crippen molar-refractivity contribution in [1.82, 2.24) is 0 Å². The first-order valence-corrected chi connectivity index (χ1v) is 7.33. The molecule has 2 N–H and O–H groups in total. The number of aromatic hydroxyl groups is 1. The molecular formula is C19H15NO2. The third-order valence-electron chi connectivity index (χ3n) is 4.26. The van der Waals surface area contributed by atoms with Crippen LogP contribution in [-0.2, 0) is 4.79 Å². The van der Waals surface area contributed by atoms with Gasteiger partial charge >= 0.3 is 0 Å². The molecule has 3 heteroatoms. The van der Waals surface area contributed by atoms with E-state index in [4.69, 9.17) is 0 Å². The van der Waals surface area contributed by atoms with Gasteiger partial charge in [-0.3, -0.25) is 4.79 Å². The number of nitrogens with one attached hydrogen (secondary N) is 1. The van der Waals surface area contributed by atoms with E-state index in [1.165, 1.54) is 0 Å². The molecule has 0 radical (unpaired) electrons. The lowest BCUT2D eigenvalue weighted by Crippen LogP contribution is -2.23. The Morgan fingerprint density at radius 3 is 2.73 bits per heavy atom. The Morgan fingerprint density at radius 1 is 1.00 bits per heavy atom. The molecule has 0 fully saturated rings. The van der Waals surface area contributed by atoms with E-state index in [0.29, 0.717) is 6.42 Å². The molecule has 3 aromatic carbocycles. The second-order valence-electron chi connectivity index (χ2n) is 5.65. The van der Waals surface area contributed by atoms with Gasteiger partial charge in [0.05, 0.1) is 5.69 Å². The lowest BCUT2D eigenvalue weighted by atomic mass is 9.83. The molecule has 0 spiro atoms. The number of phenols is 1. The molecule has 1 atom stereocenters. The van der Waals surface area contributed by atoms with Gasteiger partial charge < -0.3 is 10.4 Å². The molecule has 0 saturated heterocycles. The van der Waals surface area contributed by atoms with Gasteiger partial charge in [-0.2, -0.15) is 0 Å². The molecule has 1 aliphatic rings. The van der Waals surface area contributed by atoms with E-state index >= 15 is 0 Å². The molecule has 4 rings (SSSR count). The van der Waals surface area contributed by atoms with Gasteiger partial charge in [0.2, 0.25) is 5.91 Å². The highest BCUT2D eigenvalue weighted by molar-refractivity contribution is 6.06. The van der Waals surface area contributed by atoms with Gasteiger partial charge in [0, 0.05) is 17.7 Å². The first kappa shape index (κ1) is 12.9. The van der Waals surface area contributed by atoms with Crippen LogP contribution < -0.4 is 5.32 Å². The maximum absolute atomic E-state index is 12.2. The largest absolute Gasteiger partial charge is 0.508 e. The van der Waals surface area contributed by atoms with Crippen molar-refractivity contribution in [2.45, 2.75) is 12.3 Å². The summed E-state index contributed by atoms with van der Waals surface area (Å²) in [7, 11) is 0. The fourth-order valence-corrected chi connectivity index (χ4v) is 3.24. The SMILES string of the molecule is O=C1C[C@@H](c2cccc(O)c2)c2ccc3ccccc3c2N1. The van der Waals surface area contributed by atoms with E-state index in [2.05, 4.69) is 17.4 Å². The van der Waals surface area contributed by atoms with E-state index in [1.807, 2.05) is 36.4 Å². The molecule has 1 aliphatic heterocycles. The minimum Gasteiger partial charge on any atom is -0.508 e. The van der Waals surface area contributed by atoms with Gasteiger partial charge in [0.15, 0.2) is 0 Å². The van der Waals surface area contributed by atoms with Gasteiger partial charge in [-0.15, -0.1) is 0 Å². The maximum atomic E-state index is 12.2. The number of amides is 1. The molecular weight excluding hydrogens is 274 g/mol. The molecule has 0 unspecified atom stereocenters. The average molecular weight is 289 g/mol. The van der Waals surface area contributed by atoms with Crippen molar-refractivity contribution in [2.24, 2.45) is 0 Å². The Labute approximate surface area is 128 Å². The van der Waals surface area contributed by atoms with Crippen molar-refractivity contribution in [1.29, 1.82) is 0 Å². The fraction of sp³-hybridized carbons (Fsp3) is 0.105. The van der Waals surface area contributed by atoms with Crippen LogP contribution in [0.2, 0.25) is 0 Å². The first-order valence-electron chi connectivity index (χ1n) is 7.33. The van der Waals surface area contributed by atoms with E-state index in [-0.39, 0.29) is 17.6 Å². The second-order valence-corrected chi connectivity index (χ2v) is 5.65. The minimum absolute atomic E-state index is 0.0113. The zero-order valence-corrected chi connectivity index (χ0v) is 11.9. The summed E-state index contributed by atoms with van der Waals surface area (Å²) >= 11 is 0. The number of rotatable bonds is 1. The molecule has 0 saturated carbocycles. The third-order valence-corrected chi connectivity index (χ3v) is 4.26. The molecule has 0 bridgehead atoms. The number of hydrogen-bond donors (Lipinski definition) is 2. The maximum Gasteiger partial charge on any atom is 0.225 e. The topological polar surface area (TPSA) is 49.3 Å². The van der Waals surface area contributed by atoms with Crippen LogP contribution in [0.1, 0.15) is 23.5 Å². The summed E-state index contributed by atoms with van der Waals surface area (Å²) in [4.78, 5) is 12.2. The standard InChI is InChI=1S/C19H15NO2/c21-14-6-3-5-13(10-14)17-11-18(22)20-19-15-7-2-1-4-12(15)8-9-16(17)19/h1-10,17,21H,11H2,(H,20,22)/t17-/m0/s1. The number of carbonyl (C=O) groups is 1. The van der Waals surface area contributed by atoms with Gasteiger partial charge in [-0.1, -0.05) is 48.5 Å². The van der Waals surface area contributed by atoms with E-state index in [9.17, 15) is 9.90 Å². The van der Waals surface area contributed by atoms with E-state index in [1.54, 1.807) is 12.1 Å². The number of phenolic OH excluding ortho intramolecular Hbond substituents is 1. The number of hydrogen-bond acceptors (Lipinski definition) is 2. The van der Waals surface area contributed by atoms with E-state index in [0.717, 1.165) is 27.6 Å². The van der Waals surface area contributed by atoms with Gasteiger partial charge in [-0.05, 0) is 28.6 Å². The predicted molar refractivity (Wildman–Crippen MR) is 87.1 cm³/mol. The lowest BCUT2D eigenvalue weighted by molar-refractivity contribution is -0.116.